The van der Waals surface area contributed by atoms with Gasteiger partial charge in [-0.25, -0.2) is 4.98 Å². The van der Waals surface area contributed by atoms with E-state index in [-0.39, 0.29) is 21.8 Å². The summed E-state index contributed by atoms with van der Waals surface area (Å²) in [7, 11) is 2.12. The highest BCUT2D eigenvalue weighted by Crippen LogP contribution is 2.35. The van der Waals surface area contributed by atoms with Gasteiger partial charge >= 0.3 is 6.01 Å². The van der Waals surface area contributed by atoms with E-state index in [1.807, 2.05) is 36.7 Å². The molecule has 0 amide bonds. The van der Waals surface area contributed by atoms with Crippen LogP contribution < -0.4 is 4.74 Å². The number of ether oxygens (including phenoxy) is 1. The molecule has 2 aromatic heterocycles. The number of rotatable bonds is 9. The number of pyridine rings is 1. The summed E-state index contributed by atoms with van der Waals surface area (Å²) in [5, 5.41) is 18.1. The second-order valence-corrected chi connectivity index (χ2v) is 9.94. The van der Waals surface area contributed by atoms with Crippen LogP contribution in [0.15, 0.2) is 91.4 Å². The van der Waals surface area contributed by atoms with Crippen LogP contribution in [0.2, 0.25) is 10.0 Å². The molecule has 5 rings (SSSR count). The van der Waals surface area contributed by atoms with Crippen molar-refractivity contribution in [1.29, 1.82) is 0 Å². The fourth-order valence-corrected chi connectivity index (χ4v) is 4.63. The standard InChI is InChI=1S/C30H25Cl2N5O2/c1-37(18-22-3-2-4-24(13-22)23-9-11-33-12-10-23)17-20-5-7-21(8-6-20)19-39-30-34-16-28(35-36-30)25-14-26(31)29(38)27(32)15-25/h2-16,38H,17-19H2,1H3. The third-order valence-electron chi connectivity index (χ3n) is 6.09. The minimum Gasteiger partial charge on any atom is -0.505 e. The molecule has 0 saturated carbocycles. The van der Waals surface area contributed by atoms with Crippen LogP contribution in [0.25, 0.3) is 22.4 Å². The van der Waals surface area contributed by atoms with Gasteiger partial charge in [-0.1, -0.05) is 70.8 Å². The van der Waals surface area contributed by atoms with Crippen molar-refractivity contribution in [3.8, 4) is 34.1 Å². The topological polar surface area (TPSA) is 84.3 Å². The molecule has 5 aromatic rings. The maximum atomic E-state index is 9.73. The number of benzene rings is 3. The first-order valence-corrected chi connectivity index (χ1v) is 13.0. The number of phenolic OH excluding ortho intramolecular Hbond substituents is 1. The average Bonchev–Trinajstić information content (AvgIpc) is 2.96. The Morgan fingerprint density at radius 2 is 1.46 bits per heavy atom. The number of halogens is 2. The predicted molar refractivity (Wildman–Crippen MR) is 153 cm³/mol. The summed E-state index contributed by atoms with van der Waals surface area (Å²) in [5.41, 5.74) is 6.87. The quantitative estimate of drug-likeness (QED) is 0.212. The van der Waals surface area contributed by atoms with E-state index in [9.17, 15) is 5.11 Å². The Morgan fingerprint density at radius 3 is 2.15 bits per heavy atom. The second-order valence-electron chi connectivity index (χ2n) is 9.13. The van der Waals surface area contributed by atoms with Crippen molar-refractivity contribution in [3.05, 3.63) is 118 Å². The molecule has 7 nitrogen and oxygen atoms in total. The average molecular weight is 558 g/mol. The molecule has 39 heavy (non-hydrogen) atoms. The molecule has 0 bridgehead atoms. The number of aromatic nitrogens is 4. The Bertz CT molecular complexity index is 1530. The minimum atomic E-state index is -0.174. The zero-order valence-corrected chi connectivity index (χ0v) is 22.6. The number of hydrogen-bond acceptors (Lipinski definition) is 7. The van der Waals surface area contributed by atoms with Gasteiger partial charge in [0, 0.05) is 31.0 Å². The molecule has 0 aliphatic carbocycles. The Balaban J connectivity index is 1.14. The first-order chi connectivity index (χ1) is 18.9. The smallest absolute Gasteiger partial charge is 0.336 e. The van der Waals surface area contributed by atoms with Crippen molar-refractivity contribution in [2.24, 2.45) is 0 Å². The van der Waals surface area contributed by atoms with Crippen molar-refractivity contribution >= 4 is 23.2 Å². The van der Waals surface area contributed by atoms with Gasteiger partial charge in [0.05, 0.1) is 16.2 Å². The molecule has 0 aliphatic rings. The van der Waals surface area contributed by atoms with E-state index in [0.29, 0.717) is 17.9 Å². The van der Waals surface area contributed by atoms with Crippen LogP contribution in [0.5, 0.6) is 11.8 Å². The molecule has 0 aliphatic heterocycles. The first kappa shape index (κ1) is 26.6. The lowest BCUT2D eigenvalue weighted by molar-refractivity contribution is 0.276. The summed E-state index contributed by atoms with van der Waals surface area (Å²) in [5.74, 6) is -0.174. The third-order valence-corrected chi connectivity index (χ3v) is 6.67. The SMILES string of the molecule is CN(Cc1ccc(COc2ncc(-c3cc(Cl)c(O)c(Cl)c3)nn2)cc1)Cc1cccc(-c2ccncc2)c1. The molecule has 2 heterocycles. The van der Waals surface area contributed by atoms with Gasteiger partial charge in [0.25, 0.3) is 0 Å². The number of aromatic hydroxyl groups is 1. The van der Waals surface area contributed by atoms with E-state index in [1.165, 1.54) is 22.9 Å². The summed E-state index contributed by atoms with van der Waals surface area (Å²) >= 11 is 12.0. The van der Waals surface area contributed by atoms with Crippen LogP contribution in [0.3, 0.4) is 0 Å². The molecule has 0 fully saturated rings. The first-order valence-electron chi connectivity index (χ1n) is 12.2. The van der Waals surface area contributed by atoms with Gasteiger partial charge < -0.3 is 9.84 Å². The lowest BCUT2D eigenvalue weighted by Gasteiger charge is -2.17. The molecule has 196 valence electrons. The molecule has 9 heteroatoms. The fourth-order valence-electron chi connectivity index (χ4n) is 4.14. The van der Waals surface area contributed by atoms with Gasteiger partial charge in [0.1, 0.15) is 12.3 Å². The summed E-state index contributed by atoms with van der Waals surface area (Å²) < 4.78 is 5.71. The molecule has 0 saturated heterocycles. The monoisotopic (exact) mass is 557 g/mol. The highest BCUT2D eigenvalue weighted by Gasteiger charge is 2.11. The summed E-state index contributed by atoms with van der Waals surface area (Å²) in [6, 6.07) is 24.2. The van der Waals surface area contributed by atoms with Crippen molar-refractivity contribution in [3.63, 3.8) is 0 Å². The molecule has 0 atom stereocenters. The number of phenols is 1. The molecule has 1 N–H and O–H groups in total. The maximum absolute atomic E-state index is 9.73. The Kier molecular flexibility index (Phi) is 8.32. The minimum absolute atomic E-state index is 0.129. The van der Waals surface area contributed by atoms with E-state index in [4.69, 9.17) is 27.9 Å². The lowest BCUT2D eigenvalue weighted by Crippen LogP contribution is -2.17. The van der Waals surface area contributed by atoms with E-state index in [1.54, 1.807) is 12.1 Å². The van der Waals surface area contributed by atoms with E-state index < -0.39 is 0 Å². The van der Waals surface area contributed by atoms with Crippen LogP contribution in [-0.2, 0) is 19.7 Å². The molecule has 0 unspecified atom stereocenters. The molecular weight excluding hydrogens is 533 g/mol. The van der Waals surface area contributed by atoms with Gasteiger partial charge in [-0.3, -0.25) is 9.88 Å². The summed E-state index contributed by atoms with van der Waals surface area (Å²) in [4.78, 5) is 10.6. The number of hydrogen-bond donors (Lipinski definition) is 1. The number of nitrogens with zero attached hydrogens (tertiary/aromatic N) is 5. The third kappa shape index (κ3) is 6.89. The summed E-state index contributed by atoms with van der Waals surface area (Å²) in [6.07, 6.45) is 5.15. The Labute approximate surface area is 236 Å². The molecular formula is C30H25Cl2N5O2. The van der Waals surface area contributed by atoms with Crippen molar-refractivity contribution < 1.29 is 9.84 Å². The van der Waals surface area contributed by atoms with Crippen molar-refractivity contribution in [2.75, 3.05) is 7.05 Å². The zero-order chi connectivity index (χ0) is 27.2. The lowest BCUT2D eigenvalue weighted by atomic mass is 10.0. The van der Waals surface area contributed by atoms with Crippen molar-refractivity contribution in [2.45, 2.75) is 19.7 Å². The van der Waals surface area contributed by atoms with E-state index >= 15 is 0 Å². The van der Waals surface area contributed by atoms with Crippen LogP contribution in [0.4, 0.5) is 0 Å². The molecule has 0 radical (unpaired) electrons. The highest BCUT2D eigenvalue weighted by molar-refractivity contribution is 6.37. The highest BCUT2D eigenvalue weighted by atomic mass is 35.5. The molecule has 3 aromatic carbocycles. The normalized spacial score (nSPS) is 11.1. The van der Waals surface area contributed by atoms with Gasteiger partial charge in [-0.05, 0) is 65.2 Å². The maximum Gasteiger partial charge on any atom is 0.336 e. The second kappa shape index (κ2) is 12.2. The van der Waals surface area contributed by atoms with Gasteiger partial charge in [-0.2, -0.15) is 0 Å². The Hall–Kier alpha value is -4.04. The van der Waals surface area contributed by atoms with Gasteiger partial charge in [-0.15, -0.1) is 5.10 Å². The van der Waals surface area contributed by atoms with E-state index in [2.05, 4.69) is 68.5 Å². The van der Waals surface area contributed by atoms with Gasteiger partial charge in [0.15, 0.2) is 5.75 Å². The van der Waals surface area contributed by atoms with Gasteiger partial charge in [0.2, 0.25) is 0 Å². The van der Waals surface area contributed by atoms with Crippen molar-refractivity contribution in [1.82, 2.24) is 25.1 Å². The zero-order valence-electron chi connectivity index (χ0n) is 21.1. The molecule has 0 spiro atoms. The van der Waals surface area contributed by atoms with Crippen LogP contribution >= 0.6 is 23.2 Å². The van der Waals surface area contributed by atoms with Crippen LogP contribution in [0, 0.1) is 0 Å². The predicted octanol–water partition coefficient (Wildman–Crippen LogP) is 6.82. The Morgan fingerprint density at radius 1 is 0.769 bits per heavy atom. The van der Waals surface area contributed by atoms with Crippen LogP contribution in [-0.4, -0.2) is 37.2 Å². The summed E-state index contributed by atoms with van der Waals surface area (Å²) in [6.45, 7) is 1.98. The largest absolute Gasteiger partial charge is 0.505 e. The van der Waals surface area contributed by atoms with Crippen LogP contribution in [0.1, 0.15) is 16.7 Å². The van der Waals surface area contributed by atoms with E-state index in [0.717, 1.165) is 24.2 Å². The fraction of sp³-hybridized carbons (Fsp3) is 0.133.